The molecule has 6 N–H and O–H groups in total. The number of aliphatic hydroxyl groups excluding tert-OH is 3. The number of carbonyl (C=O) groups excluding carboxylic acids is 2. The molecule has 1 amide bonds. The van der Waals surface area contributed by atoms with Gasteiger partial charge in [-0.1, -0.05) is 64.7 Å². The summed E-state index contributed by atoms with van der Waals surface area (Å²) in [6.07, 6.45) is 2.57. The number of rotatable bonds is 11. The lowest BCUT2D eigenvalue weighted by atomic mass is 9.45. The fourth-order valence-electron chi connectivity index (χ4n) is 13.0. The topological polar surface area (TPSA) is 186 Å². The van der Waals surface area contributed by atoms with Gasteiger partial charge in [-0.2, -0.15) is 10.1 Å². The highest BCUT2D eigenvalue weighted by atomic mass is 79.9. The van der Waals surface area contributed by atoms with Gasteiger partial charge in [-0.25, -0.2) is 0 Å². The average molecular weight is 1190 g/mol. The molecule has 9 fully saturated rings. The maximum absolute atomic E-state index is 13.7. The fourth-order valence-corrected chi connectivity index (χ4v) is 14.5. The van der Waals surface area contributed by atoms with Crippen LogP contribution in [0, 0.1) is 58.2 Å². The zero-order valence-electron chi connectivity index (χ0n) is 44.5. The van der Waals surface area contributed by atoms with Crippen molar-refractivity contribution in [3.8, 4) is 11.5 Å². The molecule has 3 unspecified atom stereocenters. The lowest BCUT2D eigenvalue weighted by molar-refractivity contribution is -0.195. The van der Waals surface area contributed by atoms with Gasteiger partial charge in [-0.05, 0) is 142 Å². The van der Waals surface area contributed by atoms with Crippen LogP contribution in [0.1, 0.15) is 92.2 Å². The third-order valence-corrected chi connectivity index (χ3v) is 19.4. The molecular formula is C53H81AlBr2Cl2N4O10. The number of fused-ring (bicyclic) bond motifs is 5. The minimum atomic E-state index is -0.853. The van der Waals surface area contributed by atoms with Crippen LogP contribution in [-0.2, 0) is 37.1 Å². The summed E-state index contributed by atoms with van der Waals surface area (Å²) in [5.41, 5.74) is 8.31. The number of esters is 1. The van der Waals surface area contributed by atoms with Crippen molar-refractivity contribution in [1.29, 1.82) is 0 Å². The van der Waals surface area contributed by atoms with Gasteiger partial charge in [0.15, 0.2) is 0 Å². The maximum Gasteiger partial charge on any atom is 0.326 e. The van der Waals surface area contributed by atoms with E-state index in [1.807, 2.05) is 6.92 Å². The first-order chi connectivity index (χ1) is 33.7. The molecule has 72 heavy (non-hydrogen) atoms. The van der Waals surface area contributed by atoms with Crippen LogP contribution >= 0.6 is 55.1 Å². The Balaban J connectivity index is 0.000000190. The Hall–Kier alpha value is -1.27. The Labute approximate surface area is 459 Å². The van der Waals surface area contributed by atoms with Crippen LogP contribution in [0.3, 0.4) is 0 Å². The number of carbonyl (C=O) groups is 2. The number of amides is 1. The third kappa shape index (κ3) is 12.2. The molecule has 3 heterocycles. The van der Waals surface area contributed by atoms with E-state index in [-0.39, 0.29) is 70.4 Å². The van der Waals surface area contributed by atoms with Crippen molar-refractivity contribution in [2.75, 3.05) is 27.4 Å². The number of hydrogen-bond acceptors (Lipinski definition) is 13. The summed E-state index contributed by atoms with van der Waals surface area (Å²) in [7, 11) is 3.11. The molecule has 2 aromatic rings. The highest BCUT2D eigenvalue weighted by Crippen LogP contribution is 2.62. The molecule has 3 saturated heterocycles. The first-order valence-electron chi connectivity index (χ1n) is 25.8. The SMILES string of the molecule is COc1c(Br)ccc(Cl)c1CN1O[C@@H](CO)C2C1C(=O)O[C@H]2C.COc1c(Br)ccc(Cl)c1CN1O[C@@H](CO)[C@@H]([C@H](C)O)[C@H]1C(=O)N[C@H]1C[C@H]2C[C@@H]([C@@H]1C)C2(C)C.C[C@@H]1C(N)C[C@H]2C[C@@H]1C2(C)C.[CH3][Al]([CH3])[CH3]. The quantitative estimate of drug-likeness (QED) is 0.106. The Bertz CT molecular complexity index is 2210. The van der Waals surface area contributed by atoms with Crippen molar-refractivity contribution in [2.45, 2.75) is 160 Å². The van der Waals surface area contributed by atoms with E-state index in [0.29, 0.717) is 67.3 Å². The molecule has 16 atom stereocenters. The summed E-state index contributed by atoms with van der Waals surface area (Å²) >= 11 is 19.5. The molecule has 6 saturated carbocycles. The third-order valence-electron chi connectivity index (χ3n) is 17.5. The van der Waals surface area contributed by atoms with Crippen molar-refractivity contribution >= 4 is 81.1 Å². The summed E-state index contributed by atoms with van der Waals surface area (Å²) in [4.78, 5) is 37.7. The van der Waals surface area contributed by atoms with E-state index >= 15 is 0 Å². The van der Waals surface area contributed by atoms with Crippen molar-refractivity contribution in [2.24, 2.45) is 63.9 Å². The van der Waals surface area contributed by atoms with Crippen molar-refractivity contribution < 1.29 is 48.8 Å². The smallest absolute Gasteiger partial charge is 0.326 e. The molecule has 0 spiro atoms. The lowest BCUT2D eigenvalue weighted by Crippen LogP contribution is -2.62. The maximum atomic E-state index is 13.7. The van der Waals surface area contributed by atoms with E-state index < -0.39 is 36.3 Å². The van der Waals surface area contributed by atoms with E-state index in [9.17, 15) is 24.9 Å². The van der Waals surface area contributed by atoms with Crippen molar-refractivity contribution in [3.05, 3.63) is 54.4 Å². The number of nitrogens with zero attached hydrogens (tertiary/aromatic N) is 2. The second-order valence-electron chi connectivity index (χ2n) is 23.2. The minimum absolute atomic E-state index is 0.0814. The van der Waals surface area contributed by atoms with Crippen LogP contribution in [0.2, 0.25) is 27.4 Å². The molecule has 19 heteroatoms. The molecule has 3 aliphatic heterocycles. The molecule has 6 aliphatic carbocycles. The standard InChI is InChI=1S/C25H36BrClN2O5.C15H17BrClNO5.C10H19N.3CH3.Al/c1-12-16-8-14(25(16,3)4)9-19(12)28-24(32)22-21(13(2)31)20(11-30)34-29(22)10-15-18(27)7-6-17(26)23(15)33-5;1-7-12-11(6-19)23-18(13(12)15(20)22-7)5-8-10(17)4-3-9(16)14(8)21-2;1-6-8-4-7(5-9(6)11)10(8,2)3;;;;/h6-7,12-14,16,19-22,30-31H,8-11H2,1-5H3,(H,28,32);3-4,7,11-13,19H,5-6H2,1-2H3;6-9H,4-5,11H2,1-3H3;3*1H3;/t12-,13-,14+,16-,19-,20-,21+,22-;7-,11-,12?,13?;6-,7+,8-,9?;;;;/m000..../s1. The second-order valence-corrected chi connectivity index (χ2v) is 29.2. The van der Waals surface area contributed by atoms with Crippen LogP contribution < -0.4 is 20.5 Å². The molecule has 11 rings (SSSR count). The van der Waals surface area contributed by atoms with Crippen LogP contribution in [0.15, 0.2) is 33.2 Å². The van der Waals surface area contributed by atoms with E-state index in [4.69, 9.17) is 52.8 Å². The zero-order chi connectivity index (χ0) is 53.5. The number of cyclic esters (lactones) is 1. The average Bonchev–Trinajstić information content (AvgIpc) is 3.98. The van der Waals surface area contributed by atoms with Crippen LogP contribution in [0.4, 0.5) is 0 Å². The number of nitrogens with two attached hydrogens (primary N) is 1. The minimum Gasteiger partial charge on any atom is -0.495 e. The molecule has 2 aromatic carbocycles. The zero-order valence-corrected chi connectivity index (χ0v) is 50.3. The monoisotopic (exact) mass is 1190 g/mol. The number of hydrogen-bond donors (Lipinski definition) is 5. The van der Waals surface area contributed by atoms with Gasteiger partial charge >= 0.3 is 5.97 Å². The highest BCUT2D eigenvalue weighted by Gasteiger charge is 2.59. The van der Waals surface area contributed by atoms with E-state index in [1.54, 1.807) is 50.5 Å². The Morgan fingerprint density at radius 3 is 1.74 bits per heavy atom. The number of nitrogens with one attached hydrogen (secondary N) is 1. The summed E-state index contributed by atoms with van der Waals surface area (Å²) < 4.78 is 17.7. The van der Waals surface area contributed by atoms with Gasteiger partial charge in [0, 0.05) is 39.2 Å². The van der Waals surface area contributed by atoms with Crippen LogP contribution in [0.25, 0.3) is 0 Å². The number of hydroxylamine groups is 4. The number of benzene rings is 2. The van der Waals surface area contributed by atoms with Crippen LogP contribution in [0.5, 0.6) is 11.5 Å². The van der Waals surface area contributed by atoms with Gasteiger partial charge in [0.05, 0.1) is 61.5 Å². The predicted molar refractivity (Wildman–Crippen MR) is 290 cm³/mol. The Morgan fingerprint density at radius 1 is 0.833 bits per heavy atom. The van der Waals surface area contributed by atoms with Crippen molar-refractivity contribution in [1.82, 2.24) is 15.4 Å². The van der Waals surface area contributed by atoms with Gasteiger partial charge in [0.1, 0.15) is 41.9 Å². The van der Waals surface area contributed by atoms with Gasteiger partial charge in [0.2, 0.25) is 5.91 Å². The normalized spacial score (nSPS) is 35.0. The summed E-state index contributed by atoms with van der Waals surface area (Å²) in [6, 6.07) is 6.33. The van der Waals surface area contributed by atoms with Crippen molar-refractivity contribution in [3.63, 3.8) is 0 Å². The number of aliphatic hydroxyl groups is 3. The largest absolute Gasteiger partial charge is 0.495 e. The lowest BCUT2D eigenvalue weighted by Gasteiger charge is -2.62. The molecule has 0 radical (unpaired) electrons. The van der Waals surface area contributed by atoms with E-state index in [2.05, 4.69) is 96.1 Å². The molecule has 404 valence electrons. The fraction of sp³-hybridized carbons (Fsp3) is 0.736. The Morgan fingerprint density at radius 2 is 1.31 bits per heavy atom. The van der Waals surface area contributed by atoms with E-state index in [1.165, 1.54) is 24.3 Å². The highest BCUT2D eigenvalue weighted by molar-refractivity contribution is 9.11. The number of methoxy groups -OCH3 is 2. The summed E-state index contributed by atoms with van der Waals surface area (Å²) in [5.74, 6) is 10.9. The number of ether oxygens (including phenoxy) is 3. The second kappa shape index (κ2) is 24.6. The molecule has 14 nitrogen and oxygen atoms in total. The Kier molecular flexibility index (Phi) is 20.5. The summed E-state index contributed by atoms with van der Waals surface area (Å²) in [6.45, 7) is 17.4. The van der Waals surface area contributed by atoms with Gasteiger partial charge in [-0.3, -0.25) is 19.3 Å². The van der Waals surface area contributed by atoms with Gasteiger partial charge < -0.3 is 40.6 Å². The van der Waals surface area contributed by atoms with E-state index in [0.717, 1.165) is 33.1 Å². The number of halogens is 4. The predicted octanol–water partition coefficient (Wildman–Crippen LogP) is 9.31. The summed E-state index contributed by atoms with van der Waals surface area (Å²) in [5, 5.41) is 37.4. The first-order valence-corrected chi connectivity index (χ1v) is 31.6. The molecule has 4 bridgehead atoms. The van der Waals surface area contributed by atoms with Crippen LogP contribution in [-0.4, -0.2) is 127 Å². The van der Waals surface area contributed by atoms with Gasteiger partial charge in [-0.15, -0.1) is 17.4 Å². The van der Waals surface area contributed by atoms with Gasteiger partial charge in [0.25, 0.3) is 14.1 Å². The molecule has 0 aromatic heterocycles. The molecule has 9 aliphatic rings. The first kappa shape index (κ1) is 60.0. The molecular weight excluding hydrogens is 1110 g/mol.